The normalized spacial score (nSPS) is 10.4. The molecule has 0 bridgehead atoms. The van der Waals surface area contributed by atoms with E-state index < -0.39 is 0 Å². The fraction of sp³-hybridized carbons (Fsp3) is 0.273. The molecule has 0 amide bonds. The number of benzene rings is 1. The van der Waals surface area contributed by atoms with Gasteiger partial charge in [-0.3, -0.25) is 0 Å². The SMILES string of the molecule is CSc1nnc(CNc2ccccc2)n1C. The molecule has 0 atom stereocenters. The van der Waals surface area contributed by atoms with E-state index in [4.69, 9.17) is 0 Å². The van der Waals surface area contributed by atoms with Crippen LogP contribution in [0.15, 0.2) is 35.5 Å². The highest BCUT2D eigenvalue weighted by atomic mass is 32.2. The number of thioether (sulfide) groups is 1. The third-order valence-corrected chi connectivity index (χ3v) is 3.05. The number of anilines is 1. The maximum absolute atomic E-state index is 4.13. The molecule has 1 N–H and O–H groups in total. The van der Waals surface area contributed by atoms with Gasteiger partial charge in [-0.1, -0.05) is 30.0 Å². The molecule has 2 aromatic rings. The van der Waals surface area contributed by atoms with Crippen molar-refractivity contribution in [3.8, 4) is 0 Å². The Morgan fingerprint density at radius 3 is 2.62 bits per heavy atom. The van der Waals surface area contributed by atoms with Crippen LogP contribution in [0.25, 0.3) is 0 Å². The van der Waals surface area contributed by atoms with Gasteiger partial charge in [0.15, 0.2) is 11.0 Å². The van der Waals surface area contributed by atoms with Gasteiger partial charge in [0.1, 0.15) is 0 Å². The number of nitrogens with zero attached hydrogens (tertiary/aromatic N) is 3. The van der Waals surface area contributed by atoms with Crippen LogP contribution in [0.4, 0.5) is 5.69 Å². The maximum Gasteiger partial charge on any atom is 0.190 e. The Kier molecular flexibility index (Phi) is 3.46. The zero-order valence-electron chi connectivity index (χ0n) is 9.34. The van der Waals surface area contributed by atoms with Gasteiger partial charge in [-0.2, -0.15) is 0 Å². The van der Waals surface area contributed by atoms with Crippen molar-refractivity contribution < 1.29 is 0 Å². The molecule has 0 aliphatic rings. The van der Waals surface area contributed by atoms with Gasteiger partial charge in [-0.25, -0.2) is 0 Å². The van der Waals surface area contributed by atoms with E-state index in [-0.39, 0.29) is 0 Å². The van der Waals surface area contributed by atoms with Gasteiger partial charge < -0.3 is 9.88 Å². The van der Waals surface area contributed by atoms with E-state index in [1.165, 1.54) is 0 Å². The second-order valence-corrected chi connectivity index (χ2v) is 4.15. The zero-order chi connectivity index (χ0) is 11.4. The van der Waals surface area contributed by atoms with E-state index in [0.717, 1.165) is 16.7 Å². The van der Waals surface area contributed by atoms with Crippen LogP contribution in [0.1, 0.15) is 5.82 Å². The molecule has 0 saturated heterocycles. The fourth-order valence-corrected chi connectivity index (χ4v) is 1.92. The molecule has 0 radical (unpaired) electrons. The number of hydrogen-bond donors (Lipinski definition) is 1. The van der Waals surface area contributed by atoms with E-state index in [1.807, 2.05) is 48.2 Å². The number of nitrogens with one attached hydrogen (secondary N) is 1. The van der Waals surface area contributed by atoms with E-state index in [0.29, 0.717) is 6.54 Å². The third kappa shape index (κ3) is 2.36. The first-order valence-electron chi connectivity index (χ1n) is 5.02. The second kappa shape index (κ2) is 5.03. The lowest BCUT2D eigenvalue weighted by Crippen LogP contribution is -2.06. The molecule has 0 unspecified atom stereocenters. The first kappa shape index (κ1) is 11.0. The molecule has 84 valence electrons. The van der Waals surface area contributed by atoms with Gasteiger partial charge in [0.25, 0.3) is 0 Å². The summed E-state index contributed by atoms with van der Waals surface area (Å²) in [4.78, 5) is 0. The number of hydrogen-bond acceptors (Lipinski definition) is 4. The standard InChI is InChI=1S/C11H14N4S/c1-15-10(13-14-11(15)16-2)8-12-9-6-4-3-5-7-9/h3-7,12H,8H2,1-2H3. The molecular formula is C11H14N4S. The maximum atomic E-state index is 4.13. The lowest BCUT2D eigenvalue weighted by atomic mass is 10.3. The Hall–Kier alpha value is -1.49. The summed E-state index contributed by atoms with van der Waals surface area (Å²) in [6.45, 7) is 0.689. The average Bonchev–Trinajstić information content (AvgIpc) is 2.69. The van der Waals surface area contributed by atoms with Crippen molar-refractivity contribution in [2.24, 2.45) is 7.05 Å². The van der Waals surface area contributed by atoms with Gasteiger partial charge in [-0.05, 0) is 18.4 Å². The minimum absolute atomic E-state index is 0.689. The van der Waals surface area contributed by atoms with Crippen LogP contribution in [-0.2, 0) is 13.6 Å². The van der Waals surface area contributed by atoms with Crippen molar-refractivity contribution >= 4 is 17.4 Å². The molecule has 0 saturated carbocycles. The monoisotopic (exact) mass is 234 g/mol. The smallest absolute Gasteiger partial charge is 0.190 e. The molecule has 5 heteroatoms. The highest BCUT2D eigenvalue weighted by Crippen LogP contribution is 2.12. The molecule has 1 aromatic heterocycles. The molecule has 1 aromatic carbocycles. The molecule has 4 nitrogen and oxygen atoms in total. The Bertz CT molecular complexity index is 452. The van der Waals surface area contributed by atoms with Crippen LogP contribution in [0.5, 0.6) is 0 Å². The number of aromatic nitrogens is 3. The molecule has 16 heavy (non-hydrogen) atoms. The number of para-hydroxylation sites is 1. The van der Waals surface area contributed by atoms with Crippen LogP contribution in [0.3, 0.4) is 0 Å². The molecule has 1 heterocycles. The predicted octanol–water partition coefficient (Wildman–Crippen LogP) is 2.15. The highest BCUT2D eigenvalue weighted by molar-refractivity contribution is 7.98. The zero-order valence-corrected chi connectivity index (χ0v) is 10.2. The Labute approximate surface area is 99.1 Å². The first-order chi connectivity index (χ1) is 7.81. The van der Waals surface area contributed by atoms with E-state index >= 15 is 0 Å². The van der Waals surface area contributed by atoms with Crippen LogP contribution in [0, 0.1) is 0 Å². The lowest BCUT2D eigenvalue weighted by Gasteiger charge is -2.05. The van der Waals surface area contributed by atoms with E-state index in [1.54, 1.807) is 11.8 Å². The van der Waals surface area contributed by atoms with Crippen LogP contribution in [0.2, 0.25) is 0 Å². The van der Waals surface area contributed by atoms with Crippen LogP contribution in [-0.4, -0.2) is 21.0 Å². The summed E-state index contributed by atoms with van der Waals surface area (Å²) in [6, 6.07) is 10.1. The minimum Gasteiger partial charge on any atom is -0.378 e. The van der Waals surface area contributed by atoms with Crippen molar-refractivity contribution in [3.63, 3.8) is 0 Å². The van der Waals surface area contributed by atoms with Gasteiger partial charge in [-0.15, -0.1) is 10.2 Å². The highest BCUT2D eigenvalue weighted by Gasteiger charge is 2.06. The van der Waals surface area contributed by atoms with Crippen molar-refractivity contribution in [3.05, 3.63) is 36.2 Å². The van der Waals surface area contributed by atoms with Crippen molar-refractivity contribution in [2.45, 2.75) is 11.7 Å². The van der Waals surface area contributed by atoms with Crippen molar-refractivity contribution in [1.29, 1.82) is 0 Å². The Morgan fingerprint density at radius 1 is 1.25 bits per heavy atom. The summed E-state index contributed by atoms with van der Waals surface area (Å²) < 4.78 is 2.00. The fourth-order valence-electron chi connectivity index (χ4n) is 1.41. The summed E-state index contributed by atoms with van der Waals surface area (Å²) in [6.07, 6.45) is 2.00. The molecule has 0 aliphatic heterocycles. The summed E-state index contributed by atoms with van der Waals surface area (Å²) in [5.74, 6) is 0.938. The van der Waals surface area contributed by atoms with Crippen molar-refractivity contribution in [2.75, 3.05) is 11.6 Å². The Balaban J connectivity index is 2.02. The Morgan fingerprint density at radius 2 is 2.00 bits per heavy atom. The van der Waals surface area contributed by atoms with Gasteiger partial charge in [0, 0.05) is 12.7 Å². The molecule has 2 rings (SSSR count). The molecule has 0 aliphatic carbocycles. The molecular weight excluding hydrogens is 220 g/mol. The van der Waals surface area contributed by atoms with E-state index in [9.17, 15) is 0 Å². The topological polar surface area (TPSA) is 42.7 Å². The average molecular weight is 234 g/mol. The summed E-state index contributed by atoms with van der Waals surface area (Å²) in [5.41, 5.74) is 1.09. The van der Waals surface area contributed by atoms with Gasteiger partial charge in [0.05, 0.1) is 6.54 Å². The van der Waals surface area contributed by atoms with Crippen LogP contribution < -0.4 is 5.32 Å². The third-order valence-electron chi connectivity index (χ3n) is 2.33. The summed E-state index contributed by atoms with van der Waals surface area (Å²) >= 11 is 1.60. The lowest BCUT2D eigenvalue weighted by molar-refractivity contribution is 0.745. The van der Waals surface area contributed by atoms with Crippen molar-refractivity contribution in [1.82, 2.24) is 14.8 Å². The van der Waals surface area contributed by atoms with Crippen LogP contribution >= 0.6 is 11.8 Å². The largest absolute Gasteiger partial charge is 0.378 e. The summed E-state index contributed by atoms with van der Waals surface area (Å²) in [5, 5.41) is 12.5. The van der Waals surface area contributed by atoms with Gasteiger partial charge >= 0.3 is 0 Å². The summed E-state index contributed by atoms with van der Waals surface area (Å²) in [7, 11) is 1.98. The molecule has 0 spiro atoms. The first-order valence-corrected chi connectivity index (χ1v) is 6.25. The minimum atomic E-state index is 0.689. The van der Waals surface area contributed by atoms with E-state index in [2.05, 4.69) is 15.5 Å². The molecule has 0 fully saturated rings. The van der Waals surface area contributed by atoms with Gasteiger partial charge in [0.2, 0.25) is 0 Å². The number of rotatable bonds is 4. The quantitative estimate of drug-likeness (QED) is 0.823. The second-order valence-electron chi connectivity index (χ2n) is 3.38. The predicted molar refractivity (Wildman–Crippen MR) is 66.6 cm³/mol.